The average molecular weight is 623 g/mol. The van der Waals surface area contributed by atoms with Gasteiger partial charge in [0.2, 0.25) is 0 Å². The molecule has 0 bridgehead atoms. The van der Waals surface area contributed by atoms with E-state index >= 15 is 0 Å². The molecule has 49 heavy (non-hydrogen) atoms. The second kappa shape index (κ2) is 11.1. The van der Waals surface area contributed by atoms with Gasteiger partial charge in [-0.05, 0) is 78.3 Å². The largest absolute Gasteiger partial charge is 0.228 e. The number of rotatable bonds is 4. The van der Waals surface area contributed by atoms with Crippen LogP contribution in [-0.2, 0) is 6.42 Å². The lowest BCUT2D eigenvalue weighted by Gasteiger charge is -2.13. The van der Waals surface area contributed by atoms with E-state index < -0.39 is 0 Å². The van der Waals surface area contributed by atoms with Crippen LogP contribution in [0.4, 0.5) is 0 Å². The Kier molecular flexibility index (Phi) is 6.28. The Hall–Kier alpha value is -6.38. The van der Waals surface area contributed by atoms with Gasteiger partial charge in [0.25, 0.3) is 0 Å². The molecule has 2 nitrogen and oxygen atoms in total. The van der Waals surface area contributed by atoms with Crippen molar-refractivity contribution in [2.75, 3.05) is 0 Å². The Morgan fingerprint density at radius 2 is 0.816 bits per heavy atom. The quantitative estimate of drug-likeness (QED) is 0.183. The minimum absolute atomic E-state index is 0.751. The van der Waals surface area contributed by atoms with Gasteiger partial charge >= 0.3 is 0 Å². The normalized spacial score (nSPS) is 12.0. The van der Waals surface area contributed by atoms with Gasteiger partial charge in [-0.25, -0.2) is 9.97 Å². The summed E-state index contributed by atoms with van der Waals surface area (Å²) in [6, 6.07) is 61.1. The Bertz CT molecular complexity index is 2710. The predicted octanol–water partition coefficient (Wildman–Crippen LogP) is 12.2. The Labute approximate surface area is 285 Å². The zero-order valence-electron chi connectivity index (χ0n) is 26.8. The lowest BCUT2D eigenvalue weighted by molar-refractivity contribution is 1.13. The Morgan fingerprint density at radius 1 is 0.327 bits per heavy atom. The van der Waals surface area contributed by atoms with Crippen molar-refractivity contribution in [2.24, 2.45) is 0 Å². The zero-order valence-corrected chi connectivity index (χ0v) is 26.8. The van der Waals surface area contributed by atoms with Crippen molar-refractivity contribution in [3.8, 4) is 56.2 Å². The number of fused-ring (bicyclic) bond motifs is 9. The van der Waals surface area contributed by atoms with Gasteiger partial charge in [0, 0.05) is 28.7 Å². The third-order valence-corrected chi connectivity index (χ3v) is 10.1. The SMILES string of the molecule is c1ccc(-c2nc(-c3cccc(-c4cccc(-c5ccc6c7ccccc7c7ccccc7c6c5)c4)c3)nc3c2Cc2ccccc2-3)cc1. The molecule has 0 spiro atoms. The Morgan fingerprint density at radius 3 is 1.51 bits per heavy atom. The molecule has 228 valence electrons. The highest BCUT2D eigenvalue weighted by Gasteiger charge is 2.25. The molecule has 8 aromatic carbocycles. The van der Waals surface area contributed by atoms with Crippen molar-refractivity contribution in [3.05, 3.63) is 181 Å². The first-order chi connectivity index (χ1) is 24.3. The summed E-state index contributed by atoms with van der Waals surface area (Å²) in [6.45, 7) is 0. The minimum Gasteiger partial charge on any atom is -0.228 e. The molecule has 0 unspecified atom stereocenters. The number of aromatic nitrogens is 2. The molecule has 2 heteroatoms. The fourth-order valence-corrected chi connectivity index (χ4v) is 7.74. The van der Waals surface area contributed by atoms with Gasteiger partial charge in [-0.15, -0.1) is 0 Å². The zero-order chi connectivity index (χ0) is 32.3. The molecule has 0 atom stereocenters. The van der Waals surface area contributed by atoms with E-state index in [9.17, 15) is 0 Å². The van der Waals surface area contributed by atoms with Crippen LogP contribution in [0, 0.1) is 0 Å². The lowest BCUT2D eigenvalue weighted by Crippen LogP contribution is -1.99. The molecule has 0 radical (unpaired) electrons. The van der Waals surface area contributed by atoms with E-state index in [1.54, 1.807) is 0 Å². The number of hydrogen-bond donors (Lipinski definition) is 0. The van der Waals surface area contributed by atoms with Crippen molar-refractivity contribution >= 4 is 32.3 Å². The summed E-state index contributed by atoms with van der Waals surface area (Å²) in [6.07, 6.45) is 0.851. The average Bonchev–Trinajstić information content (AvgIpc) is 3.57. The molecule has 1 aliphatic rings. The molecule has 9 aromatic rings. The summed E-state index contributed by atoms with van der Waals surface area (Å²) >= 11 is 0. The standard InChI is InChI=1S/C47H30N2/c1-2-12-30(13-3-1)45-44-29-35-14-4-5-19-37(35)46(44)49-47(48-45)36-18-11-17-33(27-36)31-15-10-16-32(26-31)34-24-25-42-40-22-7-6-20-38(40)39-21-8-9-23-41(39)43(42)28-34/h1-28H,29H2. The van der Waals surface area contributed by atoms with Crippen molar-refractivity contribution in [2.45, 2.75) is 6.42 Å². The summed E-state index contributed by atoms with van der Waals surface area (Å²) in [5.74, 6) is 0.751. The van der Waals surface area contributed by atoms with E-state index in [-0.39, 0.29) is 0 Å². The first kappa shape index (κ1) is 27.7. The first-order valence-electron chi connectivity index (χ1n) is 16.9. The maximum absolute atomic E-state index is 5.23. The molecular formula is C47H30N2. The van der Waals surface area contributed by atoms with E-state index in [1.807, 2.05) is 0 Å². The van der Waals surface area contributed by atoms with Gasteiger partial charge in [0.05, 0.1) is 11.4 Å². The molecule has 0 fully saturated rings. The summed E-state index contributed by atoms with van der Waals surface area (Å²) in [5.41, 5.74) is 12.6. The predicted molar refractivity (Wildman–Crippen MR) is 205 cm³/mol. The summed E-state index contributed by atoms with van der Waals surface area (Å²) in [5, 5.41) is 7.74. The van der Waals surface area contributed by atoms with E-state index in [4.69, 9.17) is 9.97 Å². The summed E-state index contributed by atoms with van der Waals surface area (Å²) < 4.78 is 0. The molecule has 0 saturated carbocycles. The number of nitrogens with zero attached hydrogens (tertiary/aromatic N) is 2. The highest BCUT2D eigenvalue weighted by Crippen LogP contribution is 2.42. The third-order valence-electron chi connectivity index (χ3n) is 10.1. The Balaban J connectivity index is 1.08. The molecule has 1 aromatic heterocycles. The maximum atomic E-state index is 5.23. The van der Waals surface area contributed by atoms with E-state index in [1.165, 1.54) is 60.1 Å². The second-order valence-electron chi connectivity index (χ2n) is 12.9. The molecule has 1 aliphatic carbocycles. The van der Waals surface area contributed by atoms with Gasteiger partial charge in [-0.1, -0.05) is 152 Å². The van der Waals surface area contributed by atoms with Crippen molar-refractivity contribution in [3.63, 3.8) is 0 Å². The van der Waals surface area contributed by atoms with E-state index in [0.717, 1.165) is 45.9 Å². The van der Waals surface area contributed by atoms with Gasteiger partial charge < -0.3 is 0 Å². The van der Waals surface area contributed by atoms with Crippen LogP contribution in [-0.4, -0.2) is 9.97 Å². The van der Waals surface area contributed by atoms with Crippen molar-refractivity contribution in [1.82, 2.24) is 9.97 Å². The minimum atomic E-state index is 0.751. The van der Waals surface area contributed by atoms with Gasteiger partial charge in [-0.3, -0.25) is 0 Å². The molecule has 1 heterocycles. The highest BCUT2D eigenvalue weighted by atomic mass is 14.9. The van der Waals surface area contributed by atoms with Crippen LogP contribution in [0.15, 0.2) is 170 Å². The smallest absolute Gasteiger partial charge is 0.160 e. The maximum Gasteiger partial charge on any atom is 0.160 e. The van der Waals surface area contributed by atoms with Gasteiger partial charge in [0.15, 0.2) is 5.82 Å². The van der Waals surface area contributed by atoms with E-state index in [2.05, 4.69) is 170 Å². The van der Waals surface area contributed by atoms with Crippen molar-refractivity contribution < 1.29 is 0 Å². The molecule has 0 amide bonds. The monoisotopic (exact) mass is 622 g/mol. The van der Waals surface area contributed by atoms with Crippen LogP contribution in [0.3, 0.4) is 0 Å². The second-order valence-corrected chi connectivity index (χ2v) is 12.9. The molecule has 0 N–H and O–H groups in total. The lowest BCUT2D eigenvalue weighted by atomic mass is 9.91. The van der Waals surface area contributed by atoms with Crippen LogP contribution in [0.25, 0.3) is 88.5 Å². The summed E-state index contributed by atoms with van der Waals surface area (Å²) in [4.78, 5) is 10.4. The topological polar surface area (TPSA) is 25.8 Å². The molecule has 10 rings (SSSR count). The van der Waals surface area contributed by atoms with Gasteiger partial charge in [0.1, 0.15) is 0 Å². The van der Waals surface area contributed by atoms with Crippen LogP contribution < -0.4 is 0 Å². The van der Waals surface area contributed by atoms with Crippen LogP contribution in [0.5, 0.6) is 0 Å². The first-order valence-corrected chi connectivity index (χ1v) is 16.9. The van der Waals surface area contributed by atoms with Crippen LogP contribution in [0.1, 0.15) is 11.1 Å². The molecular weight excluding hydrogens is 593 g/mol. The summed E-state index contributed by atoms with van der Waals surface area (Å²) in [7, 11) is 0. The highest BCUT2D eigenvalue weighted by molar-refractivity contribution is 6.25. The fraction of sp³-hybridized carbons (Fsp3) is 0.0213. The number of hydrogen-bond acceptors (Lipinski definition) is 2. The molecule has 0 saturated heterocycles. The number of benzene rings is 8. The van der Waals surface area contributed by atoms with E-state index in [0.29, 0.717) is 0 Å². The van der Waals surface area contributed by atoms with Crippen LogP contribution >= 0.6 is 0 Å². The fourth-order valence-electron chi connectivity index (χ4n) is 7.74. The third kappa shape index (κ3) is 4.57. The molecule has 0 aliphatic heterocycles. The van der Waals surface area contributed by atoms with Crippen molar-refractivity contribution in [1.29, 1.82) is 0 Å². The van der Waals surface area contributed by atoms with Gasteiger partial charge in [-0.2, -0.15) is 0 Å². The van der Waals surface area contributed by atoms with Crippen LogP contribution in [0.2, 0.25) is 0 Å².